The topological polar surface area (TPSA) is 52.4 Å². The molecular weight excluding hydrogens is 290 g/mol. The van der Waals surface area contributed by atoms with Gasteiger partial charge in [-0.1, -0.05) is 64.0 Å². The van der Waals surface area contributed by atoms with E-state index in [-0.39, 0.29) is 10.6 Å². The molecule has 0 saturated carbocycles. The van der Waals surface area contributed by atoms with Crippen LogP contribution in [0.25, 0.3) is 6.08 Å². The van der Waals surface area contributed by atoms with Crippen LogP contribution in [-0.2, 0) is 0 Å². The van der Waals surface area contributed by atoms with Gasteiger partial charge >= 0.3 is 0 Å². The van der Waals surface area contributed by atoms with Crippen molar-refractivity contribution in [1.82, 2.24) is 0 Å². The molecule has 0 aliphatic rings. The first kappa shape index (κ1) is 19.2. The van der Waals surface area contributed by atoms with Gasteiger partial charge in [0.15, 0.2) is 0 Å². The number of hydrogen-bond donors (Lipinski definition) is 0. The summed E-state index contributed by atoms with van der Waals surface area (Å²) in [6.07, 6.45) is 11.8. The second-order valence-electron chi connectivity index (χ2n) is 5.94. The maximum Gasteiger partial charge on any atom is 0.243 e. The van der Waals surface area contributed by atoms with Crippen molar-refractivity contribution in [3.8, 4) is 5.75 Å². The Hall–Kier alpha value is -1.84. The second kappa shape index (κ2) is 11.7. The molecule has 0 fully saturated rings. The third-order valence-electron chi connectivity index (χ3n) is 3.81. The first-order valence-corrected chi connectivity index (χ1v) is 8.69. The summed E-state index contributed by atoms with van der Waals surface area (Å²) in [5, 5.41) is 10.6. The molecule has 1 rings (SSSR count). The van der Waals surface area contributed by atoms with Crippen LogP contribution < -0.4 is 4.74 Å². The lowest BCUT2D eigenvalue weighted by Gasteiger charge is -2.06. The predicted molar refractivity (Wildman–Crippen MR) is 95.2 cm³/mol. The number of benzene rings is 1. The van der Waals surface area contributed by atoms with Crippen molar-refractivity contribution in [2.45, 2.75) is 65.2 Å². The summed E-state index contributed by atoms with van der Waals surface area (Å²) in [5.74, 6) is 0.823. The zero-order valence-corrected chi connectivity index (χ0v) is 14.4. The van der Waals surface area contributed by atoms with Gasteiger partial charge < -0.3 is 4.74 Å². The van der Waals surface area contributed by atoms with Crippen molar-refractivity contribution < 1.29 is 9.66 Å². The maximum atomic E-state index is 10.6. The highest BCUT2D eigenvalue weighted by molar-refractivity contribution is 5.51. The molecule has 1 aromatic rings. The molecule has 128 valence electrons. The summed E-state index contributed by atoms with van der Waals surface area (Å²) in [7, 11) is 0. The Morgan fingerprint density at radius 1 is 1.04 bits per heavy atom. The zero-order valence-electron chi connectivity index (χ0n) is 14.4. The van der Waals surface area contributed by atoms with E-state index in [2.05, 4.69) is 6.92 Å². The van der Waals surface area contributed by atoms with E-state index in [9.17, 15) is 10.1 Å². The van der Waals surface area contributed by atoms with Crippen LogP contribution in [0.2, 0.25) is 0 Å². The number of allylic oxidation sites excluding steroid dienone is 1. The molecule has 1 aromatic carbocycles. The lowest BCUT2D eigenvalue weighted by Crippen LogP contribution is -1.97. The first-order chi connectivity index (χ1) is 11.1. The molecule has 0 unspecified atom stereocenters. The molecule has 4 heteroatoms. The Bertz CT molecular complexity index is 480. The molecule has 0 aliphatic carbocycles. The van der Waals surface area contributed by atoms with Crippen LogP contribution in [0.5, 0.6) is 5.75 Å². The molecule has 0 amide bonds. The number of nitro groups is 1. The van der Waals surface area contributed by atoms with Gasteiger partial charge in [-0.3, -0.25) is 10.1 Å². The van der Waals surface area contributed by atoms with E-state index in [0.717, 1.165) is 24.3 Å². The highest BCUT2D eigenvalue weighted by atomic mass is 16.6. The minimum atomic E-state index is -0.382. The standard InChI is InChI=1S/C19H29NO3/c1-3-4-5-6-7-8-9-10-15-23-19-13-11-18(12-14-19)16-17(2)20(21)22/h11-14,16H,3-10,15H2,1-2H3. The van der Waals surface area contributed by atoms with E-state index in [4.69, 9.17) is 4.74 Å². The summed E-state index contributed by atoms with van der Waals surface area (Å²) in [4.78, 5) is 10.2. The van der Waals surface area contributed by atoms with E-state index >= 15 is 0 Å². The van der Waals surface area contributed by atoms with E-state index in [1.165, 1.54) is 51.9 Å². The summed E-state index contributed by atoms with van der Waals surface area (Å²) in [6.45, 7) is 4.47. The number of unbranched alkanes of at least 4 members (excludes halogenated alkanes) is 7. The van der Waals surface area contributed by atoms with Gasteiger partial charge in [0.25, 0.3) is 0 Å². The Morgan fingerprint density at radius 3 is 2.17 bits per heavy atom. The van der Waals surface area contributed by atoms with E-state index in [1.54, 1.807) is 6.08 Å². The fourth-order valence-corrected chi connectivity index (χ4v) is 2.38. The number of nitrogens with zero attached hydrogens (tertiary/aromatic N) is 1. The Balaban J connectivity index is 2.16. The van der Waals surface area contributed by atoms with E-state index in [0.29, 0.717) is 0 Å². The third-order valence-corrected chi connectivity index (χ3v) is 3.81. The molecular formula is C19H29NO3. The van der Waals surface area contributed by atoms with Gasteiger partial charge in [0, 0.05) is 13.0 Å². The van der Waals surface area contributed by atoms with E-state index in [1.807, 2.05) is 24.3 Å². The maximum absolute atomic E-state index is 10.6. The highest BCUT2D eigenvalue weighted by Crippen LogP contribution is 2.15. The van der Waals surface area contributed by atoms with E-state index < -0.39 is 0 Å². The molecule has 0 aliphatic heterocycles. The van der Waals surface area contributed by atoms with Crippen LogP contribution in [-0.4, -0.2) is 11.5 Å². The molecule has 0 radical (unpaired) electrons. The molecule has 0 atom stereocenters. The van der Waals surface area contributed by atoms with Gasteiger partial charge in [0.05, 0.1) is 11.5 Å². The number of rotatable bonds is 12. The second-order valence-corrected chi connectivity index (χ2v) is 5.94. The van der Waals surface area contributed by atoms with Crippen LogP contribution >= 0.6 is 0 Å². The van der Waals surface area contributed by atoms with Crippen LogP contribution in [0.1, 0.15) is 70.8 Å². The molecule has 23 heavy (non-hydrogen) atoms. The fourth-order valence-electron chi connectivity index (χ4n) is 2.38. The van der Waals surface area contributed by atoms with Crippen molar-refractivity contribution in [2.75, 3.05) is 6.61 Å². The van der Waals surface area contributed by atoms with Gasteiger partial charge in [-0.2, -0.15) is 0 Å². The largest absolute Gasteiger partial charge is 0.494 e. The molecule has 0 spiro atoms. The van der Waals surface area contributed by atoms with Crippen molar-refractivity contribution in [1.29, 1.82) is 0 Å². The average molecular weight is 319 g/mol. The lowest BCUT2D eigenvalue weighted by atomic mass is 10.1. The van der Waals surface area contributed by atoms with Crippen LogP contribution in [0.3, 0.4) is 0 Å². The Kier molecular flexibility index (Phi) is 9.76. The molecule has 0 heterocycles. The quantitative estimate of drug-likeness (QED) is 0.276. The number of ether oxygens (including phenoxy) is 1. The summed E-state index contributed by atoms with van der Waals surface area (Å²) >= 11 is 0. The first-order valence-electron chi connectivity index (χ1n) is 8.69. The Morgan fingerprint density at radius 2 is 1.61 bits per heavy atom. The fraction of sp³-hybridized carbons (Fsp3) is 0.579. The summed E-state index contributed by atoms with van der Waals surface area (Å²) in [5.41, 5.74) is 0.955. The molecule has 4 nitrogen and oxygen atoms in total. The average Bonchev–Trinajstić information content (AvgIpc) is 2.54. The molecule has 0 aromatic heterocycles. The van der Waals surface area contributed by atoms with Crippen LogP contribution in [0.15, 0.2) is 30.0 Å². The minimum absolute atomic E-state index is 0.137. The van der Waals surface area contributed by atoms with Crippen molar-refractivity contribution in [3.05, 3.63) is 45.6 Å². The monoisotopic (exact) mass is 319 g/mol. The summed E-state index contributed by atoms with van der Waals surface area (Å²) < 4.78 is 5.70. The third kappa shape index (κ3) is 9.01. The minimum Gasteiger partial charge on any atom is -0.494 e. The van der Waals surface area contributed by atoms with Crippen molar-refractivity contribution >= 4 is 6.08 Å². The van der Waals surface area contributed by atoms with Crippen LogP contribution in [0.4, 0.5) is 0 Å². The highest BCUT2D eigenvalue weighted by Gasteiger charge is 2.02. The SMILES string of the molecule is CCCCCCCCCCOc1ccc(C=C(C)[N+](=O)[O-])cc1. The van der Waals surface area contributed by atoms with Gasteiger partial charge in [0.1, 0.15) is 5.75 Å². The predicted octanol–water partition coefficient (Wildman–Crippen LogP) is 5.84. The summed E-state index contributed by atoms with van der Waals surface area (Å²) in [6, 6.07) is 7.42. The molecule has 0 bridgehead atoms. The van der Waals surface area contributed by atoms with Gasteiger partial charge in [-0.15, -0.1) is 0 Å². The van der Waals surface area contributed by atoms with Gasteiger partial charge in [-0.25, -0.2) is 0 Å². The normalized spacial score (nSPS) is 11.5. The smallest absolute Gasteiger partial charge is 0.243 e. The molecule has 0 N–H and O–H groups in total. The van der Waals surface area contributed by atoms with Crippen LogP contribution in [0, 0.1) is 10.1 Å². The Labute approximate surface area is 139 Å². The van der Waals surface area contributed by atoms with Crippen molar-refractivity contribution in [3.63, 3.8) is 0 Å². The molecule has 0 saturated heterocycles. The number of hydrogen-bond acceptors (Lipinski definition) is 3. The van der Waals surface area contributed by atoms with Crippen molar-refractivity contribution in [2.24, 2.45) is 0 Å². The van der Waals surface area contributed by atoms with Gasteiger partial charge in [0.2, 0.25) is 5.70 Å². The zero-order chi connectivity index (χ0) is 16.9. The lowest BCUT2D eigenvalue weighted by molar-refractivity contribution is -0.422. The van der Waals surface area contributed by atoms with Gasteiger partial charge in [-0.05, 0) is 24.1 Å².